The lowest BCUT2D eigenvalue weighted by Crippen LogP contribution is -2.38. The van der Waals surface area contributed by atoms with Crippen LogP contribution in [0.4, 0.5) is 0 Å². The van der Waals surface area contributed by atoms with E-state index in [0.717, 1.165) is 38.4 Å². The van der Waals surface area contributed by atoms with E-state index in [9.17, 15) is 5.11 Å². The maximum Gasteiger partial charge on any atom is 0.166 e. The molecular weight excluding hydrogens is 258 g/mol. The second-order valence-electron chi connectivity index (χ2n) is 4.64. The third kappa shape index (κ3) is 4.10. The minimum Gasteiger partial charge on any atom is -0.490 e. The summed E-state index contributed by atoms with van der Waals surface area (Å²) in [4.78, 5) is 2.31. The molecule has 1 saturated heterocycles. The zero-order chi connectivity index (χ0) is 14.2. The summed E-state index contributed by atoms with van der Waals surface area (Å²) in [6.07, 6.45) is 0. The molecule has 1 aromatic carbocycles. The lowest BCUT2D eigenvalue weighted by atomic mass is 10.2. The Morgan fingerprint density at radius 2 is 2.05 bits per heavy atom. The monoisotopic (exact) mass is 281 g/mol. The van der Waals surface area contributed by atoms with Crippen LogP contribution in [0.5, 0.6) is 11.5 Å². The fraction of sp³-hybridized carbons (Fsp3) is 0.600. The van der Waals surface area contributed by atoms with Crippen LogP contribution in [0.2, 0.25) is 0 Å². The number of para-hydroxylation sites is 1. The molecule has 0 amide bonds. The van der Waals surface area contributed by atoms with E-state index in [2.05, 4.69) is 4.90 Å². The topological polar surface area (TPSA) is 51.2 Å². The fourth-order valence-corrected chi connectivity index (χ4v) is 2.22. The SMILES string of the molecule is CCOc1cccc(CO)c1OCCN1CCOCC1. The Labute approximate surface area is 120 Å². The third-order valence-corrected chi connectivity index (χ3v) is 3.29. The fourth-order valence-electron chi connectivity index (χ4n) is 2.22. The first-order valence-electron chi connectivity index (χ1n) is 7.13. The van der Waals surface area contributed by atoms with Crippen LogP contribution >= 0.6 is 0 Å². The Bertz CT molecular complexity index is 405. The molecule has 0 radical (unpaired) electrons. The van der Waals surface area contributed by atoms with Gasteiger partial charge >= 0.3 is 0 Å². The molecule has 1 heterocycles. The molecule has 0 aliphatic carbocycles. The molecule has 2 rings (SSSR count). The van der Waals surface area contributed by atoms with Crippen molar-refractivity contribution in [1.82, 2.24) is 4.90 Å². The summed E-state index contributed by atoms with van der Waals surface area (Å²) < 4.78 is 16.7. The van der Waals surface area contributed by atoms with Crippen LogP contribution in [0.1, 0.15) is 12.5 Å². The van der Waals surface area contributed by atoms with Gasteiger partial charge in [-0.25, -0.2) is 0 Å². The van der Waals surface area contributed by atoms with Crippen molar-refractivity contribution in [1.29, 1.82) is 0 Å². The molecule has 1 N–H and O–H groups in total. The number of benzene rings is 1. The summed E-state index contributed by atoms with van der Waals surface area (Å²) >= 11 is 0. The number of aliphatic hydroxyl groups excluding tert-OH is 1. The first-order valence-corrected chi connectivity index (χ1v) is 7.13. The van der Waals surface area contributed by atoms with Gasteiger partial charge in [-0.15, -0.1) is 0 Å². The Morgan fingerprint density at radius 3 is 2.75 bits per heavy atom. The quantitative estimate of drug-likeness (QED) is 0.816. The maximum atomic E-state index is 9.40. The standard InChI is InChI=1S/C15H23NO4/c1-2-19-14-5-3-4-13(12-17)15(14)20-11-8-16-6-9-18-10-7-16/h3-5,17H,2,6-12H2,1H3. The van der Waals surface area contributed by atoms with Crippen molar-refractivity contribution in [2.45, 2.75) is 13.5 Å². The molecule has 0 unspecified atom stereocenters. The molecule has 5 heteroatoms. The van der Waals surface area contributed by atoms with Crippen molar-refractivity contribution in [3.05, 3.63) is 23.8 Å². The number of aliphatic hydroxyl groups is 1. The van der Waals surface area contributed by atoms with E-state index in [1.807, 2.05) is 25.1 Å². The number of morpholine rings is 1. The van der Waals surface area contributed by atoms with Crippen LogP contribution < -0.4 is 9.47 Å². The molecule has 1 fully saturated rings. The Balaban J connectivity index is 1.92. The molecular formula is C15H23NO4. The van der Waals surface area contributed by atoms with Crippen LogP contribution in [-0.4, -0.2) is 56.1 Å². The van der Waals surface area contributed by atoms with Crippen LogP contribution in [0.15, 0.2) is 18.2 Å². The van der Waals surface area contributed by atoms with Crippen molar-refractivity contribution in [2.75, 3.05) is 46.1 Å². The molecule has 0 bridgehead atoms. The Kier molecular flexibility index (Phi) is 6.11. The highest BCUT2D eigenvalue weighted by Gasteiger charge is 2.13. The van der Waals surface area contributed by atoms with Gasteiger partial charge in [0.15, 0.2) is 11.5 Å². The highest BCUT2D eigenvalue weighted by molar-refractivity contribution is 5.46. The van der Waals surface area contributed by atoms with Gasteiger partial charge in [-0.05, 0) is 13.0 Å². The zero-order valence-corrected chi connectivity index (χ0v) is 12.0. The third-order valence-electron chi connectivity index (χ3n) is 3.29. The summed E-state index contributed by atoms with van der Waals surface area (Å²) in [5, 5.41) is 9.40. The van der Waals surface area contributed by atoms with Crippen molar-refractivity contribution in [3.63, 3.8) is 0 Å². The first kappa shape index (κ1) is 15.1. The van der Waals surface area contributed by atoms with Gasteiger partial charge in [0.2, 0.25) is 0 Å². The number of rotatable bonds is 7. The number of hydrogen-bond donors (Lipinski definition) is 1. The summed E-state index contributed by atoms with van der Waals surface area (Å²) in [7, 11) is 0. The lowest BCUT2D eigenvalue weighted by Gasteiger charge is -2.26. The second kappa shape index (κ2) is 8.09. The average molecular weight is 281 g/mol. The predicted octanol–water partition coefficient (Wildman–Crippen LogP) is 1.29. The molecule has 1 aliphatic heterocycles. The number of nitrogens with zero attached hydrogens (tertiary/aromatic N) is 1. The van der Waals surface area contributed by atoms with Gasteiger partial charge in [-0.1, -0.05) is 12.1 Å². The lowest BCUT2D eigenvalue weighted by molar-refractivity contribution is 0.0319. The first-order chi connectivity index (χ1) is 9.85. The van der Waals surface area contributed by atoms with Gasteiger partial charge in [0.1, 0.15) is 6.61 Å². The van der Waals surface area contributed by atoms with E-state index in [1.54, 1.807) is 0 Å². The zero-order valence-electron chi connectivity index (χ0n) is 12.0. The van der Waals surface area contributed by atoms with Gasteiger partial charge in [-0.3, -0.25) is 4.90 Å². The summed E-state index contributed by atoms with van der Waals surface area (Å²) in [6.45, 7) is 7.37. The van der Waals surface area contributed by atoms with E-state index in [-0.39, 0.29) is 6.61 Å². The van der Waals surface area contributed by atoms with Gasteiger partial charge in [0.25, 0.3) is 0 Å². The highest BCUT2D eigenvalue weighted by atomic mass is 16.5. The van der Waals surface area contributed by atoms with Crippen molar-refractivity contribution >= 4 is 0 Å². The molecule has 112 valence electrons. The Hall–Kier alpha value is -1.30. The van der Waals surface area contributed by atoms with Gasteiger partial charge in [0.05, 0.1) is 26.4 Å². The average Bonchev–Trinajstić information content (AvgIpc) is 2.50. The van der Waals surface area contributed by atoms with E-state index in [0.29, 0.717) is 24.7 Å². The van der Waals surface area contributed by atoms with Gasteiger partial charge in [0, 0.05) is 25.2 Å². The largest absolute Gasteiger partial charge is 0.490 e. The second-order valence-corrected chi connectivity index (χ2v) is 4.64. The molecule has 0 aromatic heterocycles. The van der Waals surface area contributed by atoms with E-state index >= 15 is 0 Å². The van der Waals surface area contributed by atoms with Crippen LogP contribution in [-0.2, 0) is 11.3 Å². The van der Waals surface area contributed by atoms with E-state index in [1.165, 1.54) is 0 Å². The smallest absolute Gasteiger partial charge is 0.166 e. The van der Waals surface area contributed by atoms with Crippen LogP contribution in [0.3, 0.4) is 0 Å². The highest BCUT2D eigenvalue weighted by Crippen LogP contribution is 2.31. The molecule has 0 atom stereocenters. The molecule has 20 heavy (non-hydrogen) atoms. The molecule has 0 spiro atoms. The molecule has 1 aliphatic rings. The Morgan fingerprint density at radius 1 is 1.25 bits per heavy atom. The van der Waals surface area contributed by atoms with Crippen LogP contribution in [0.25, 0.3) is 0 Å². The van der Waals surface area contributed by atoms with Gasteiger partial charge < -0.3 is 19.3 Å². The number of ether oxygens (including phenoxy) is 3. The molecule has 0 saturated carbocycles. The maximum absolute atomic E-state index is 9.40. The summed E-state index contributed by atoms with van der Waals surface area (Å²) in [6, 6.07) is 5.59. The minimum atomic E-state index is -0.0478. The van der Waals surface area contributed by atoms with Crippen molar-refractivity contribution in [3.8, 4) is 11.5 Å². The normalized spacial score (nSPS) is 16.1. The molecule has 1 aromatic rings. The van der Waals surface area contributed by atoms with Crippen molar-refractivity contribution in [2.24, 2.45) is 0 Å². The van der Waals surface area contributed by atoms with E-state index in [4.69, 9.17) is 14.2 Å². The van der Waals surface area contributed by atoms with Crippen molar-refractivity contribution < 1.29 is 19.3 Å². The molecule has 5 nitrogen and oxygen atoms in total. The van der Waals surface area contributed by atoms with Crippen LogP contribution in [0, 0.1) is 0 Å². The summed E-state index contributed by atoms with van der Waals surface area (Å²) in [5.41, 5.74) is 0.762. The summed E-state index contributed by atoms with van der Waals surface area (Å²) in [5.74, 6) is 1.35. The predicted molar refractivity (Wildman–Crippen MR) is 76.3 cm³/mol. The van der Waals surface area contributed by atoms with Gasteiger partial charge in [-0.2, -0.15) is 0 Å². The minimum absolute atomic E-state index is 0.0478. The number of hydrogen-bond acceptors (Lipinski definition) is 5. The van der Waals surface area contributed by atoms with E-state index < -0.39 is 0 Å².